The second kappa shape index (κ2) is 7.03. The lowest BCUT2D eigenvalue weighted by Gasteiger charge is -2.16. The van der Waals surface area contributed by atoms with Crippen LogP contribution in [0.1, 0.15) is 33.5 Å². The van der Waals surface area contributed by atoms with E-state index in [-0.39, 0.29) is 9.92 Å². The summed E-state index contributed by atoms with van der Waals surface area (Å²) < 4.78 is 37.5. The highest BCUT2D eigenvalue weighted by molar-refractivity contribution is 7.89. The first kappa shape index (κ1) is 18.3. The number of fused-ring (bicyclic) bond motifs is 1. The average Bonchev–Trinajstić information content (AvgIpc) is 2.95. The van der Waals surface area contributed by atoms with Gasteiger partial charge in [0.05, 0.1) is 9.90 Å². The standard InChI is InChI=1S/C16H16ClFN2O3S2/c1-9-2-4-13-10(6-9)7-14(24-13)16(21)19-20-25(22,23)15-5-3-11(18)8-12(15)17/h3,5,7-9,20H,2,4,6H2,1H3,(H,19,21)/t9-/m0/s1. The Hall–Kier alpha value is -1.48. The van der Waals surface area contributed by atoms with E-state index >= 15 is 0 Å². The first-order valence-electron chi connectivity index (χ1n) is 7.65. The number of hydrogen-bond acceptors (Lipinski definition) is 4. The zero-order valence-corrected chi connectivity index (χ0v) is 15.7. The maximum Gasteiger partial charge on any atom is 0.276 e. The number of hydrogen-bond donors (Lipinski definition) is 2. The van der Waals surface area contributed by atoms with Gasteiger partial charge in [0, 0.05) is 4.88 Å². The molecule has 9 heteroatoms. The van der Waals surface area contributed by atoms with Crippen LogP contribution in [0.3, 0.4) is 0 Å². The van der Waals surface area contributed by atoms with Gasteiger partial charge < -0.3 is 0 Å². The highest BCUT2D eigenvalue weighted by Gasteiger charge is 2.23. The highest BCUT2D eigenvalue weighted by Crippen LogP contribution is 2.32. The second-order valence-corrected chi connectivity index (χ2v) is 9.24. The van der Waals surface area contributed by atoms with Gasteiger partial charge in [-0.1, -0.05) is 18.5 Å². The minimum absolute atomic E-state index is 0.262. The molecule has 5 nitrogen and oxygen atoms in total. The fraction of sp³-hybridized carbons (Fsp3) is 0.312. The van der Waals surface area contributed by atoms with E-state index < -0.39 is 21.7 Å². The summed E-state index contributed by atoms with van der Waals surface area (Å²) in [5.74, 6) is -0.600. The smallest absolute Gasteiger partial charge is 0.273 e. The Morgan fingerprint density at radius 3 is 2.84 bits per heavy atom. The van der Waals surface area contributed by atoms with Crippen molar-refractivity contribution in [2.24, 2.45) is 5.92 Å². The van der Waals surface area contributed by atoms with Crippen LogP contribution in [0.25, 0.3) is 0 Å². The Balaban J connectivity index is 1.71. The molecule has 0 radical (unpaired) electrons. The Morgan fingerprint density at radius 1 is 1.36 bits per heavy atom. The van der Waals surface area contributed by atoms with Crippen molar-refractivity contribution < 1.29 is 17.6 Å². The molecule has 25 heavy (non-hydrogen) atoms. The number of hydrazine groups is 1. The van der Waals surface area contributed by atoms with Gasteiger partial charge in [-0.3, -0.25) is 10.2 Å². The van der Waals surface area contributed by atoms with Crippen molar-refractivity contribution in [3.8, 4) is 0 Å². The Kier molecular flexibility index (Phi) is 5.15. The maximum absolute atomic E-state index is 13.0. The molecule has 0 bridgehead atoms. The molecule has 0 spiro atoms. The van der Waals surface area contributed by atoms with Gasteiger partial charge in [-0.05, 0) is 55.0 Å². The van der Waals surface area contributed by atoms with Crippen LogP contribution in [-0.2, 0) is 22.9 Å². The molecule has 2 N–H and O–H groups in total. The summed E-state index contributed by atoms with van der Waals surface area (Å²) in [6.07, 6.45) is 2.95. The van der Waals surface area contributed by atoms with Crippen LogP contribution in [0.15, 0.2) is 29.2 Å². The Labute approximate surface area is 154 Å². The molecule has 1 aromatic carbocycles. The number of amides is 1. The van der Waals surface area contributed by atoms with E-state index in [0.717, 1.165) is 43.0 Å². The Bertz CT molecular complexity index is 927. The summed E-state index contributed by atoms with van der Waals surface area (Å²) >= 11 is 7.13. The molecule has 1 atom stereocenters. The maximum atomic E-state index is 13.0. The molecule has 134 valence electrons. The van der Waals surface area contributed by atoms with E-state index in [1.807, 2.05) is 10.9 Å². The van der Waals surface area contributed by atoms with Gasteiger partial charge in [0.1, 0.15) is 10.7 Å². The van der Waals surface area contributed by atoms with Crippen molar-refractivity contribution in [3.63, 3.8) is 0 Å². The number of nitrogens with one attached hydrogen (secondary N) is 2. The van der Waals surface area contributed by atoms with Crippen LogP contribution < -0.4 is 10.3 Å². The number of thiophene rings is 1. The predicted octanol–water partition coefficient (Wildman–Crippen LogP) is 3.29. The molecule has 1 heterocycles. The summed E-state index contributed by atoms with van der Waals surface area (Å²) in [7, 11) is -4.10. The molecule has 1 aliphatic carbocycles. The number of carbonyl (C=O) groups is 1. The molecule has 0 unspecified atom stereocenters. The lowest BCUT2D eigenvalue weighted by Crippen LogP contribution is -2.41. The van der Waals surface area contributed by atoms with Gasteiger partial charge in [-0.15, -0.1) is 16.2 Å². The van der Waals surface area contributed by atoms with Crippen LogP contribution in [0, 0.1) is 11.7 Å². The fourth-order valence-electron chi connectivity index (χ4n) is 2.74. The van der Waals surface area contributed by atoms with Crippen molar-refractivity contribution in [1.29, 1.82) is 0 Å². The monoisotopic (exact) mass is 402 g/mol. The Morgan fingerprint density at radius 2 is 2.12 bits per heavy atom. The summed E-state index contributed by atoms with van der Waals surface area (Å²) in [6, 6.07) is 4.73. The minimum atomic E-state index is -4.10. The first-order valence-corrected chi connectivity index (χ1v) is 10.3. The molecular weight excluding hydrogens is 387 g/mol. The lowest BCUT2D eigenvalue weighted by atomic mass is 9.90. The molecule has 1 aliphatic rings. The van der Waals surface area contributed by atoms with Crippen molar-refractivity contribution in [1.82, 2.24) is 10.3 Å². The molecular formula is C16H16ClFN2O3S2. The van der Waals surface area contributed by atoms with Crippen LogP contribution in [0.5, 0.6) is 0 Å². The van der Waals surface area contributed by atoms with E-state index in [2.05, 4.69) is 12.3 Å². The van der Waals surface area contributed by atoms with Crippen molar-refractivity contribution in [3.05, 3.63) is 50.4 Å². The quantitative estimate of drug-likeness (QED) is 0.770. The van der Waals surface area contributed by atoms with Gasteiger partial charge in [0.2, 0.25) is 0 Å². The van der Waals surface area contributed by atoms with Crippen molar-refractivity contribution in [2.75, 3.05) is 0 Å². The first-order chi connectivity index (χ1) is 11.8. The summed E-state index contributed by atoms with van der Waals surface area (Å²) in [6.45, 7) is 2.17. The largest absolute Gasteiger partial charge is 0.276 e. The van der Waals surface area contributed by atoms with E-state index in [1.165, 1.54) is 16.2 Å². The van der Waals surface area contributed by atoms with Gasteiger partial charge >= 0.3 is 0 Å². The van der Waals surface area contributed by atoms with Crippen LogP contribution in [0.4, 0.5) is 4.39 Å². The van der Waals surface area contributed by atoms with Gasteiger partial charge in [0.15, 0.2) is 0 Å². The lowest BCUT2D eigenvalue weighted by molar-refractivity contribution is 0.0949. The minimum Gasteiger partial charge on any atom is -0.273 e. The van der Waals surface area contributed by atoms with E-state index in [0.29, 0.717) is 10.8 Å². The molecule has 3 rings (SSSR count). The zero-order valence-electron chi connectivity index (χ0n) is 13.3. The molecule has 1 aromatic heterocycles. The van der Waals surface area contributed by atoms with Crippen LogP contribution >= 0.6 is 22.9 Å². The van der Waals surface area contributed by atoms with Gasteiger partial charge in [-0.25, -0.2) is 12.8 Å². The SMILES string of the molecule is C[C@H]1CCc2sc(C(=O)NNS(=O)(=O)c3ccc(F)cc3Cl)cc2C1. The molecule has 0 saturated heterocycles. The number of benzene rings is 1. The summed E-state index contributed by atoms with van der Waals surface area (Å²) in [4.78, 5) is 15.6. The second-order valence-electron chi connectivity index (χ2n) is 6.04. The third-order valence-corrected chi connectivity index (χ3v) is 7.00. The zero-order chi connectivity index (χ0) is 18.2. The molecule has 0 saturated carbocycles. The average molecular weight is 403 g/mol. The molecule has 0 aliphatic heterocycles. The summed E-state index contributed by atoms with van der Waals surface area (Å²) in [5, 5.41) is -0.262. The van der Waals surface area contributed by atoms with Crippen molar-refractivity contribution >= 4 is 38.9 Å². The molecule has 0 fully saturated rings. The van der Waals surface area contributed by atoms with E-state index in [1.54, 1.807) is 0 Å². The normalized spacial score (nSPS) is 17.2. The topological polar surface area (TPSA) is 75.3 Å². The van der Waals surface area contributed by atoms with Crippen molar-refractivity contribution in [2.45, 2.75) is 31.1 Å². The number of rotatable bonds is 4. The van der Waals surface area contributed by atoms with Crippen LogP contribution in [0.2, 0.25) is 5.02 Å². The summed E-state index contributed by atoms with van der Waals surface area (Å²) in [5.41, 5.74) is 3.33. The third-order valence-electron chi connectivity index (χ3n) is 4.04. The number of sulfonamides is 1. The van der Waals surface area contributed by atoms with E-state index in [9.17, 15) is 17.6 Å². The molecule has 2 aromatic rings. The fourth-order valence-corrected chi connectivity index (χ4v) is 5.22. The van der Waals surface area contributed by atoms with Crippen LogP contribution in [-0.4, -0.2) is 14.3 Å². The number of carbonyl (C=O) groups excluding carboxylic acids is 1. The third kappa shape index (κ3) is 4.03. The molecule has 1 amide bonds. The highest BCUT2D eigenvalue weighted by atomic mass is 35.5. The predicted molar refractivity (Wildman–Crippen MR) is 94.7 cm³/mol. The number of halogens is 2. The van der Waals surface area contributed by atoms with Gasteiger partial charge in [0.25, 0.3) is 15.9 Å². The number of aryl methyl sites for hydroxylation is 1. The van der Waals surface area contributed by atoms with Gasteiger partial charge in [-0.2, -0.15) is 0 Å². The van der Waals surface area contributed by atoms with E-state index in [4.69, 9.17) is 11.6 Å².